The number of halogens is 3. The first-order valence-corrected chi connectivity index (χ1v) is 5.99. The molecule has 4 nitrogen and oxygen atoms in total. The molecule has 0 amide bonds. The lowest BCUT2D eigenvalue weighted by atomic mass is 10.1. The van der Waals surface area contributed by atoms with E-state index in [9.17, 15) is 21.6 Å². The Bertz CT molecular complexity index is 485. The molecule has 0 unspecified atom stereocenters. The number of sulfonamides is 1. The molecule has 0 saturated carbocycles. The second-order valence-electron chi connectivity index (χ2n) is 3.25. The van der Waals surface area contributed by atoms with E-state index < -0.39 is 22.1 Å². The number of benzene rings is 1. The number of hydrogen-bond donors (Lipinski definition) is 2. The lowest BCUT2D eigenvalue weighted by molar-refractivity contribution is -0.0448. The zero-order valence-corrected chi connectivity index (χ0v) is 9.35. The van der Waals surface area contributed by atoms with Crippen LogP contribution in [0.25, 0.3) is 0 Å². The summed E-state index contributed by atoms with van der Waals surface area (Å²) < 4.78 is 58.8. The maximum atomic E-state index is 12.0. The smallest absolute Gasteiger partial charge is 0.392 e. The van der Waals surface area contributed by atoms with Crippen LogP contribution in [-0.4, -0.2) is 19.0 Å². The van der Waals surface area contributed by atoms with E-state index in [1.807, 2.05) is 0 Å². The molecule has 0 radical (unpaired) electrons. The molecule has 2 N–H and O–H groups in total. The standard InChI is InChI=1S/C9H10F3NO3S/c10-9(11,12)17(15,16)13-5-7-2-1-3-8(4-7)6-14/h1-4,13-14H,5-6H2. The minimum absolute atomic E-state index is 0.264. The Morgan fingerprint density at radius 2 is 1.82 bits per heavy atom. The highest BCUT2D eigenvalue weighted by atomic mass is 32.2. The molecule has 0 aliphatic heterocycles. The van der Waals surface area contributed by atoms with E-state index in [2.05, 4.69) is 0 Å². The van der Waals surface area contributed by atoms with Crippen LogP contribution in [0.3, 0.4) is 0 Å². The molecule has 0 aliphatic rings. The molecule has 0 spiro atoms. The fourth-order valence-corrected chi connectivity index (χ4v) is 1.62. The molecular weight excluding hydrogens is 259 g/mol. The Kier molecular flexibility index (Phi) is 4.12. The van der Waals surface area contributed by atoms with Crippen LogP contribution in [-0.2, 0) is 23.2 Å². The third kappa shape index (κ3) is 3.69. The lowest BCUT2D eigenvalue weighted by Gasteiger charge is -2.09. The van der Waals surface area contributed by atoms with Crippen molar-refractivity contribution in [3.05, 3.63) is 35.4 Å². The van der Waals surface area contributed by atoms with Crippen molar-refractivity contribution in [1.29, 1.82) is 0 Å². The monoisotopic (exact) mass is 269 g/mol. The van der Waals surface area contributed by atoms with Gasteiger partial charge in [-0.2, -0.15) is 13.2 Å². The Labute approximate surface area is 96.1 Å². The van der Waals surface area contributed by atoms with Crippen LogP contribution >= 0.6 is 0 Å². The van der Waals surface area contributed by atoms with Crippen molar-refractivity contribution in [3.8, 4) is 0 Å². The van der Waals surface area contributed by atoms with Gasteiger partial charge in [-0.1, -0.05) is 24.3 Å². The third-order valence-corrected chi connectivity index (χ3v) is 3.08. The van der Waals surface area contributed by atoms with Gasteiger partial charge in [0.2, 0.25) is 0 Å². The number of hydrogen-bond acceptors (Lipinski definition) is 3. The van der Waals surface area contributed by atoms with E-state index in [1.165, 1.54) is 22.9 Å². The topological polar surface area (TPSA) is 66.4 Å². The number of alkyl halides is 3. The Balaban J connectivity index is 2.74. The summed E-state index contributed by atoms with van der Waals surface area (Å²) in [5, 5.41) is 8.80. The average Bonchev–Trinajstić information content (AvgIpc) is 2.25. The summed E-state index contributed by atoms with van der Waals surface area (Å²) in [4.78, 5) is 0. The van der Waals surface area contributed by atoms with Gasteiger partial charge in [-0.05, 0) is 11.1 Å². The molecular formula is C9H10F3NO3S. The molecule has 0 atom stereocenters. The van der Waals surface area contributed by atoms with Crippen molar-refractivity contribution in [2.45, 2.75) is 18.7 Å². The molecule has 0 heterocycles. The maximum Gasteiger partial charge on any atom is 0.511 e. The van der Waals surface area contributed by atoms with Gasteiger partial charge >= 0.3 is 15.5 Å². The van der Waals surface area contributed by atoms with Crippen molar-refractivity contribution in [3.63, 3.8) is 0 Å². The molecule has 0 aliphatic carbocycles. The van der Waals surface area contributed by atoms with E-state index in [0.717, 1.165) is 0 Å². The summed E-state index contributed by atoms with van der Waals surface area (Å²) in [6.07, 6.45) is 0. The molecule has 17 heavy (non-hydrogen) atoms. The van der Waals surface area contributed by atoms with E-state index in [4.69, 9.17) is 5.11 Å². The lowest BCUT2D eigenvalue weighted by Crippen LogP contribution is -2.35. The van der Waals surface area contributed by atoms with E-state index in [1.54, 1.807) is 6.07 Å². The van der Waals surface area contributed by atoms with Crippen molar-refractivity contribution < 1.29 is 26.7 Å². The first kappa shape index (κ1) is 13.9. The van der Waals surface area contributed by atoms with Crippen LogP contribution in [0.2, 0.25) is 0 Å². The van der Waals surface area contributed by atoms with Gasteiger partial charge in [0, 0.05) is 6.54 Å². The SMILES string of the molecule is O=S(=O)(NCc1cccc(CO)c1)C(F)(F)F. The molecule has 8 heteroatoms. The average molecular weight is 269 g/mol. The fourth-order valence-electron chi connectivity index (χ4n) is 1.10. The van der Waals surface area contributed by atoms with E-state index >= 15 is 0 Å². The van der Waals surface area contributed by atoms with Gasteiger partial charge in [-0.25, -0.2) is 13.1 Å². The van der Waals surface area contributed by atoms with Crippen LogP contribution in [0, 0.1) is 0 Å². The highest BCUT2D eigenvalue weighted by Gasteiger charge is 2.45. The Hall–Kier alpha value is -1.12. The van der Waals surface area contributed by atoms with Gasteiger partial charge in [0.25, 0.3) is 0 Å². The number of aliphatic hydroxyl groups excluding tert-OH is 1. The highest BCUT2D eigenvalue weighted by molar-refractivity contribution is 7.90. The Morgan fingerprint density at radius 3 is 2.35 bits per heavy atom. The molecule has 1 aromatic rings. The molecule has 1 rings (SSSR count). The van der Waals surface area contributed by atoms with Crippen LogP contribution in [0.5, 0.6) is 0 Å². The highest BCUT2D eigenvalue weighted by Crippen LogP contribution is 2.21. The summed E-state index contributed by atoms with van der Waals surface area (Å²) in [6.45, 7) is -0.741. The maximum absolute atomic E-state index is 12.0. The number of aliphatic hydroxyl groups is 1. The van der Waals surface area contributed by atoms with Gasteiger partial charge in [0.1, 0.15) is 0 Å². The van der Waals surface area contributed by atoms with Crippen molar-refractivity contribution in [2.75, 3.05) is 0 Å². The summed E-state index contributed by atoms with van der Waals surface area (Å²) in [5.41, 5.74) is -4.49. The quantitative estimate of drug-likeness (QED) is 0.860. The van der Waals surface area contributed by atoms with Crippen LogP contribution in [0.15, 0.2) is 24.3 Å². The van der Waals surface area contributed by atoms with Gasteiger partial charge in [-0.15, -0.1) is 0 Å². The molecule has 96 valence electrons. The zero-order chi connectivity index (χ0) is 13.1. The third-order valence-electron chi connectivity index (χ3n) is 1.94. The zero-order valence-electron chi connectivity index (χ0n) is 8.53. The molecule has 0 aromatic heterocycles. The minimum Gasteiger partial charge on any atom is -0.392 e. The Morgan fingerprint density at radius 1 is 1.24 bits per heavy atom. The van der Waals surface area contributed by atoms with Crippen molar-refractivity contribution >= 4 is 10.0 Å². The van der Waals surface area contributed by atoms with Gasteiger partial charge in [0.05, 0.1) is 6.61 Å². The van der Waals surface area contributed by atoms with Gasteiger partial charge in [-0.3, -0.25) is 0 Å². The van der Waals surface area contributed by atoms with E-state index in [0.29, 0.717) is 11.1 Å². The van der Waals surface area contributed by atoms with Crippen LogP contribution in [0.4, 0.5) is 13.2 Å². The normalized spacial score (nSPS) is 12.7. The van der Waals surface area contributed by atoms with Crippen LogP contribution in [0.1, 0.15) is 11.1 Å². The number of rotatable bonds is 4. The van der Waals surface area contributed by atoms with Crippen molar-refractivity contribution in [1.82, 2.24) is 4.72 Å². The molecule has 0 saturated heterocycles. The number of nitrogens with one attached hydrogen (secondary N) is 1. The predicted molar refractivity (Wildman–Crippen MR) is 54.2 cm³/mol. The largest absolute Gasteiger partial charge is 0.511 e. The van der Waals surface area contributed by atoms with Crippen molar-refractivity contribution in [2.24, 2.45) is 0 Å². The first-order valence-electron chi connectivity index (χ1n) is 4.51. The summed E-state index contributed by atoms with van der Waals surface area (Å²) in [7, 11) is -5.33. The predicted octanol–water partition coefficient (Wildman–Crippen LogP) is 1.12. The summed E-state index contributed by atoms with van der Waals surface area (Å²) in [5.74, 6) is 0. The fraction of sp³-hybridized carbons (Fsp3) is 0.333. The summed E-state index contributed by atoms with van der Waals surface area (Å²) in [6, 6.07) is 5.96. The molecule has 1 aromatic carbocycles. The summed E-state index contributed by atoms with van der Waals surface area (Å²) >= 11 is 0. The second kappa shape index (κ2) is 5.03. The molecule has 0 fully saturated rings. The molecule has 0 bridgehead atoms. The second-order valence-corrected chi connectivity index (χ2v) is 5.01. The van der Waals surface area contributed by atoms with E-state index in [-0.39, 0.29) is 6.61 Å². The van der Waals surface area contributed by atoms with Crippen LogP contribution < -0.4 is 4.72 Å². The van der Waals surface area contributed by atoms with Gasteiger partial charge in [0.15, 0.2) is 0 Å². The van der Waals surface area contributed by atoms with Gasteiger partial charge < -0.3 is 5.11 Å². The first-order chi connectivity index (χ1) is 7.76. The minimum atomic E-state index is -5.33.